The van der Waals surface area contributed by atoms with E-state index in [4.69, 9.17) is 9.15 Å². The first-order chi connectivity index (χ1) is 7.31. The Bertz CT molecular complexity index is 316. The fourth-order valence-corrected chi connectivity index (χ4v) is 2.14. The molecule has 0 aromatic carbocycles. The molecule has 3 nitrogen and oxygen atoms in total. The Hall–Kier alpha value is -1.09. The van der Waals surface area contributed by atoms with Crippen molar-refractivity contribution >= 4 is 5.78 Å². The minimum absolute atomic E-state index is 0.0879. The van der Waals surface area contributed by atoms with Gasteiger partial charge in [0.15, 0.2) is 0 Å². The topological polar surface area (TPSA) is 39.4 Å². The van der Waals surface area contributed by atoms with Gasteiger partial charge in [0.05, 0.1) is 18.6 Å². The van der Waals surface area contributed by atoms with Crippen LogP contribution in [0.4, 0.5) is 0 Å². The SMILES string of the molecule is CCC1OCCC1C(=O)Cc1ccoc1. The maximum absolute atomic E-state index is 12.0. The first-order valence-electron chi connectivity index (χ1n) is 5.46. The van der Waals surface area contributed by atoms with Gasteiger partial charge >= 0.3 is 0 Å². The number of ketones is 1. The van der Waals surface area contributed by atoms with E-state index in [0.29, 0.717) is 6.42 Å². The van der Waals surface area contributed by atoms with Crippen LogP contribution in [0.1, 0.15) is 25.3 Å². The summed E-state index contributed by atoms with van der Waals surface area (Å²) in [6.07, 6.45) is 5.63. The Morgan fingerprint density at radius 2 is 2.47 bits per heavy atom. The number of hydrogen-bond donors (Lipinski definition) is 0. The Labute approximate surface area is 89.4 Å². The fraction of sp³-hybridized carbons (Fsp3) is 0.583. The number of carbonyl (C=O) groups is 1. The van der Waals surface area contributed by atoms with Crippen LogP contribution >= 0.6 is 0 Å². The van der Waals surface area contributed by atoms with E-state index in [2.05, 4.69) is 6.92 Å². The minimum atomic E-state index is 0.0879. The highest BCUT2D eigenvalue weighted by molar-refractivity contribution is 5.83. The van der Waals surface area contributed by atoms with E-state index in [1.54, 1.807) is 12.5 Å². The summed E-state index contributed by atoms with van der Waals surface area (Å²) < 4.78 is 10.5. The summed E-state index contributed by atoms with van der Waals surface area (Å²) in [5.74, 6) is 0.366. The lowest BCUT2D eigenvalue weighted by atomic mass is 9.91. The Morgan fingerprint density at radius 3 is 3.13 bits per heavy atom. The van der Waals surface area contributed by atoms with Crippen molar-refractivity contribution < 1.29 is 13.9 Å². The standard InChI is InChI=1S/C12H16O3/c1-2-12-10(4-6-15-12)11(13)7-9-3-5-14-8-9/h3,5,8,10,12H,2,4,6-7H2,1H3. The zero-order chi connectivity index (χ0) is 10.7. The fourth-order valence-electron chi connectivity index (χ4n) is 2.14. The monoisotopic (exact) mass is 208 g/mol. The zero-order valence-corrected chi connectivity index (χ0v) is 8.94. The van der Waals surface area contributed by atoms with Crippen LogP contribution in [0.25, 0.3) is 0 Å². The van der Waals surface area contributed by atoms with Crippen LogP contribution < -0.4 is 0 Å². The molecule has 1 aliphatic rings. The third-order valence-corrected chi connectivity index (χ3v) is 2.98. The number of Topliss-reactive ketones (excluding diaryl/α,β-unsaturated/α-hetero) is 1. The van der Waals surface area contributed by atoms with Crippen molar-refractivity contribution in [1.29, 1.82) is 0 Å². The van der Waals surface area contributed by atoms with Crippen molar-refractivity contribution in [2.24, 2.45) is 5.92 Å². The number of rotatable bonds is 4. The van der Waals surface area contributed by atoms with Crippen LogP contribution in [-0.2, 0) is 16.0 Å². The van der Waals surface area contributed by atoms with Gasteiger partial charge in [0.2, 0.25) is 0 Å². The van der Waals surface area contributed by atoms with Crippen molar-refractivity contribution in [2.75, 3.05) is 6.61 Å². The van der Waals surface area contributed by atoms with Crippen LogP contribution in [-0.4, -0.2) is 18.5 Å². The maximum atomic E-state index is 12.0. The molecule has 1 saturated heterocycles. The molecule has 2 unspecified atom stereocenters. The van der Waals surface area contributed by atoms with Gasteiger partial charge in [-0.05, 0) is 24.5 Å². The van der Waals surface area contributed by atoms with Crippen LogP contribution in [0.5, 0.6) is 0 Å². The third-order valence-electron chi connectivity index (χ3n) is 2.98. The van der Waals surface area contributed by atoms with Crippen LogP contribution in [0.3, 0.4) is 0 Å². The van der Waals surface area contributed by atoms with E-state index in [9.17, 15) is 4.79 Å². The van der Waals surface area contributed by atoms with Gasteiger partial charge in [-0.25, -0.2) is 0 Å². The molecule has 15 heavy (non-hydrogen) atoms. The van der Waals surface area contributed by atoms with Gasteiger partial charge in [0, 0.05) is 18.9 Å². The van der Waals surface area contributed by atoms with Gasteiger partial charge in [-0.1, -0.05) is 6.92 Å². The Balaban J connectivity index is 1.96. The van der Waals surface area contributed by atoms with Crippen molar-refractivity contribution in [3.63, 3.8) is 0 Å². The second kappa shape index (κ2) is 4.62. The molecular weight excluding hydrogens is 192 g/mol. The van der Waals surface area contributed by atoms with Gasteiger partial charge in [-0.3, -0.25) is 4.79 Å². The molecule has 82 valence electrons. The van der Waals surface area contributed by atoms with E-state index < -0.39 is 0 Å². The van der Waals surface area contributed by atoms with Gasteiger partial charge in [-0.2, -0.15) is 0 Å². The average molecular weight is 208 g/mol. The van der Waals surface area contributed by atoms with Crippen molar-refractivity contribution in [3.05, 3.63) is 24.2 Å². The summed E-state index contributed by atoms with van der Waals surface area (Å²) in [4.78, 5) is 12.0. The number of carbonyl (C=O) groups excluding carboxylic acids is 1. The van der Waals surface area contributed by atoms with Gasteiger partial charge < -0.3 is 9.15 Å². The molecule has 1 aromatic rings. The van der Waals surface area contributed by atoms with E-state index in [0.717, 1.165) is 25.0 Å². The molecule has 1 aliphatic heterocycles. The van der Waals surface area contributed by atoms with Crippen LogP contribution in [0.15, 0.2) is 23.0 Å². The largest absolute Gasteiger partial charge is 0.472 e. The zero-order valence-electron chi connectivity index (χ0n) is 8.94. The Kier molecular flexibility index (Phi) is 3.21. The van der Waals surface area contributed by atoms with Gasteiger partial charge in [0.1, 0.15) is 5.78 Å². The molecular formula is C12H16O3. The predicted octanol–water partition coefficient (Wildman–Crippen LogP) is 2.21. The molecule has 0 radical (unpaired) electrons. The molecule has 0 aliphatic carbocycles. The first kappa shape index (κ1) is 10.4. The molecule has 2 heterocycles. The van der Waals surface area contributed by atoms with Gasteiger partial charge in [0.25, 0.3) is 0 Å². The second-order valence-corrected chi connectivity index (χ2v) is 3.99. The van der Waals surface area contributed by atoms with Crippen molar-refractivity contribution in [3.8, 4) is 0 Å². The number of ether oxygens (including phenoxy) is 1. The quantitative estimate of drug-likeness (QED) is 0.761. The highest BCUT2D eigenvalue weighted by Gasteiger charge is 2.32. The second-order valence-electron chi connectivity index (χ2n) is 3.99. The lowest BCUT2D eigenvalue weighted by Gasteiger charge is -2.14. The first-order valence-corrected chi connectivity index (χ1v) is 5.46. The van der Waals surface area contributed by atoms with Crippen LogP contribution in [0.2, 0.25) is 0 Å². The summed E-state index contributed by atoms with van der Waals surface area (Å²) in [5, 5.41) is 0. The average Bonchev–Trinajstić information content (AvgIpc) is 2.86. The smallest absolute Gasteiger partial charge is 0.143 e. The van der Waals surface area contributed by atoms with E-state index in [1.807, 2.05) is 6.07 Å². The lowest BCUT2D eigenvalue weighted by molar-refractivity contribution is -0.123. The molecule has 2 rings (SSSR count). The molecule has 2 atom stereocenters. The molecule has 0 spiro atoms. The molecule has 0 amide bonds. The highest BCUT2D eigenvalue weighted by Crippen LogP contribution is 2.25. The summed E-state index contributed by atoms with van der Waals surface area (Å²) in [5.41, 5.74) is 0.960. The summed E-state index contributed by atoms with van der Waals surface area (Å²) >= 11 is 0. The van der Waals surface area contributed by atoms with Crippen molar-refractivity contribution in [2.45, 2.75) is 32.3 Å². The maximum Gasteiger partial charge on any atom is 0.143 e. The molecule has 0 N–H and O–H groups in total. The Morgan fingerprint density at radius 1 is 1.60 bits per heavy atom. The van der Waals surface area contributed by atoms with E-state index in [-0.39, 0.29) is 17.8 Å². The molecule has 0 bridgehead atoms. The third kappa shape index (κ3) is 2.29. The highest BCUT2D eigenvalue weighted by atomic mass is 16.5. The number of hydrogen-bond acceptors (Lipinski definition) is 3. The number of furan rings is 1. The molecule has 3 heteroatoms. The predicted molar refractivity (Wildman–Crippen MR) is 55.6 cm³/mol. The molecule has 1 aromatic heterocycles. The van der Waals surface area contributed by atoms with E-state index in [1.165, 1.54) is 0 Å². The van der Waals surface area contributed by atoms with Crippen LogP contribution in [0, 0.1) is 5.92 Å². The summed E-state index contributed by atoms with van der Waals surface area (Å²) in [7, 11) is 0. The summed E-state index contributed by atoms with van der Waals surface area (Å²) in [6.45, 7) is 2.79. The van der Waals surface area contributed by atoms with E-state index >= 15 is 0 Å². The molecule has 1 fully saturated rings. The summed E-state index contributed by atoms with van der Waals surface area (Å²) in [6, 6.07) is 1.84. The van der Waals surface area contributed by atoms with Crippen molar-refractivity contribution in [1.82, 2.24) is 0 Å². The van der Waals surface area contributed by atoms with Gasteiger partial charge in [-0.15, -0.1) is 0 Å². The minimum Gasteiger partial charge on any atom is -0.472 e. The normalized spacial score (nSPS) is 25.7. The molecule has 0 saturated carbocycles. The lowest BCUT2D eigenvalue weighted by Crippen LogP contribution is -2.24.